The highest BCUT2D eigenvalue weighted by Gasteiger charge is 2.22. The van der Waals surface area contributed by atoms with Crippen molar-refractivity contribution >= 4 is 28.2 Å². The van der Waals surface area contributed by atoms with Gasteiger partial charge in [0.1, 0.15) is 10.7 Å². The molecule has 0 atom stereocenters. The molecular formula is C14H26N4OS. The molecule has 1 aromatic heterocycles. The fourth-order valence-corrected chi connectivity index (χ4v) is 3.18. The van der Waals surface area contributed by atoms with Crippen molar-refractivity contribution in [3.05, 3.63) is 4.88 Å². The van der Waals surface area contributed by atoms with Gasteiger partial charge in [0.2, 0.25) is 0 Å². The van der Waals surface area contributed by atoms with Gasteiger partial charge in [-0.25, -0.2) is 4.98 Å². The number of carbonyl (C=O) groups is 1. The fraction of sp³-hybridized carbons (Fsp3) is 0.714. The second kappa shape index (κ2) is 8.09. The molecule has 0 radical (unpaired) electrons. The molecule has 0 aromatic carbocycles. The maximum atomic E-state index is 12.6. The minimum atomic E-state index is 0.0158. The topological polar surface area (TPSA) is 62.5 Å². The first kappa shape index (κ1) is 16.8. The third kappa shape index (κ3) is 3.85. The van der Waals surface area contributed by atoms with Crippen LogP contribution in [0.3, 0.4) is 0 Å². The Kier molecular flexibility index (Phi) is 6.78. The number of anilines is 2. The Balaban J connectivity index is 2.97. The third-order valence-corrected chi connectivity index (χ3v) is 4.26. The summed E-state index contributed by atoms with van der Waals surface area (Å²) in [5.74, 6) is 0.376. The molecule has 114 valence electrons. The summed E-state index contributed by atoms with van der Waals surface area (Å²) in [5, 5.41) is 0.837. The zero-order chi connectivity index (χ0) is 15.1. The molecule has 0 saturated heterocycles. The Morgan fingerprint density at radius 1 is 1.15 bits per heavy atom. The van der Waals surface area contributed by atoms with Gasteiger partial charge in [-0.2, -0.15) is 0 Å². The molecule has 0 aliphatic heterocycles. The molecule has 1 rings (SSSR count). The number of rotatable bonds is 8. The molecule has 0 saturated carbocycles. The van der Waals surface area contributed by atoms with Crippen molar-refractivity contribution in [1.82, 2.24) is 9.88 Å². The molecule has 5 nitrogen and oxygen atoms in total. The largest absolute Gasteiger partial charge is 0.382 e. The minimum absolute atomic E-state index is 0.0158. The summed E-state index contributed by atoms with van der Waals surface area (Å²) in [5.41, 5.74) is 5.94. The van der Waals surface area contributed by atoms with Crippen LogP contribution in [-0.4, -0.2) is 42.0 Å². The molecule has 0 aliphatic rings. The van der Waals surface area contributed by atoms with Gasteiger partial charge in [0.15, 0.2) is 5.13 Å². The number of aromatic nitrogens is 1. The van der Waals surface area contributed by atoms with Gasteiger partial charge < -0.3 is 15.5 Å². The molecule has 2 N–H and O–H groups in total. The standard InChI is InChI=1S/C14H26N4OS/c1-5-9-18(10-6-2)13(19)11-12(15)16-14(20-11)17(7-3)8-4/h5-10,15H2,1-4H3. The number of hydrogen-bond donors (Lipinski definition) is 1. The average Bonchev–Trinajstić information content (AvgIpc) is 2.81. The third-order valence-electron chi connectivity index (χ3n) is 3.14. The van der Waals surface area contributed by atoms with Gasteiger partial charge in [0.05, 0.1) is 0 Å². The predicted molar refractivity (Wildman–Crippen MR) is 86.6 cm³/mol. The lowest BCUT2D eigenvalue weighted by atomic mass is 10.3. The van der Waals surface area contributed by atoms with Crippen LogP contribution in [0.25, 0.3) is 0 Å². The van der Waals surface area contributed by atoms with Crippen LogP contribution in [0.1, 0.15) is 50.2 Å². The van der Waals surface area contributed by atoms with Crippen molar-refractivity contribution in [2.24, 2.45) is 0 Å². The van der Waals surface area contributed by atoms with E-state index in [1.54, 1.807) is 0 Å². The molecule has 0 spiro atoms. The van der Waals surface area contributed by atoms with E-state index in [9.17, 15) is 4.79 Å². The lowest BCUT2D eigenvalue weighted by molar-refractivity contribution is 0.0761. The molecule has 1 aromatic rings. The molecular weight excluding hydrogens is 272 g/mol. The van der Waals surface area contributed by atoms with E-state index < -0.39 is 0 Å². The van der Waals surface area contributed by atoms with Crippen LogP contribution in [0, 0.1) is 0 Å². The van der Waals surface area contributed by atoms with Crippen LogP contribution in [-0.2, 0) is 0 Å². The van der Waals surface area contributed by atoms with E-state index in [0.29, 0.717) is 10.7 Å². The Labute approximate surface area is 125 Å². The fourth-order valence-electron chi connectivity index (χ4n) is 2.10. The minimum Gasteiger partial charge on any atom is -0.382 e. The van der Waals surface area contributed by atoms with E-state index in [0.717, 1.165) is 44.2 Å². The van der Waals surface area contributed by atoms with Crippen LogP contribution < -0.4 is 10.6 Å². The van der Waals surface area contributed by atoms with Gasteiger partial charge in [-0.3, -0.25) is 4.79 Å². The molecule has 0 fully saturated rings. The first-order chi connectivity index (χ1) is 9.58. The first-order valence-electron chi connectivity index (χ1n) is 7.39. The maximum Gasteiger partial charge on any atom is 0.267 e. The number of hydrogen-bond acceptors (Lipinski definition) is 5. The van der Waals surface area contributed by atoms with E-state index in [2.05, 4.69) is 37.6 Å². The van der Waals surface area contributed by atoms with E-state index in [1.165, 1.54) is 11.3 Å². The zero-order valence-electron chi connectivity index (χ0n) is 13.0. The summed E-state index contributed by atoms with van der Waals surface area (Å²) < 4.78 is 0. The summed E-state index contributed by atoms with van der Waals surface area (Å²) >= 11 is 1.40. The molecule has 20 heavy (non-hydrogen) atoms. The van der Waals surface area contributed by atoms with Crippen molar-refractivity contribution in [2.75, 3.05) is 36.8 Å². The first-order valence-corrected chi connectivity index (χ1v) is 8.21. The lowest BCUT2D eigenvalue weighted by Gasteiger charge is -2.20. The van der Waals surface area contributed by atoms with Crippen LogP contribution >= 0.6 is 11.3 Å². The van der Waals surface area contributed by atoms with E-state index >= 15 is 0 Å². The van der Waals surface area contributed by atoms with Crippen molar-refractivity contribution in [3.63, 3.8) is 0 Å². The predicted octanol–water partition coefficient (Wildman–Crippen LogP) is 2.83. The summed E-state index contributed by atoms with van der Waals surface area (Å²) in [6.45, 7) is 11.6. The number of nitrogens with zero attached hydrogens (tertiary/aromatic N) is 3. The summed E-state index contributed by atoms with van der Waals surface area (Å²) in [7, 11) is 0. The Bertz CT molecular complexity index is 423. The zero-order valence-corrected chi connectivity index (χ0v) is 13.8. The number of amides is 1. The lowest BCUT2D eigenvalue weighted by Crippen LogP contribution is -2.32. The second-order valence-corrected chi connectivity index (χ2v) is 5.65. The molecule has 0 bridgehead atoms. The highest BCUT2D eigenvalue weighted by Crippen LogP contribution is 2.29. The highest BCUT2D eigenvalue weighted by atomic mass is 32.1. The number of nitrogen functional groups attached to an aromatic ring is 1. The van der Waals surface area contributed by atoms with Gasteiger partial charge in [-0.1, -0.05) is 25.2 Å². The van der Waals surface area contributed by atoms with Gasteiger partial charge >= 0.3 is 0 Å². The van der Waals surface area contributed by atoms with Crippen molar-refractivity contribution < 1.29 is 4.79 Å². The molecule has 1 amide bonds. The van der Waals surface area contributed by atoms with E-state index in [1.807, 2.05) is 4.90 Å². The van der Waals surface area contributed by atoms with Gasteiger partial charge in [-0.15, -0.1) is 0 Å². The SMILES string of the molecule is CCCN(CCC)C(=O)c1sc(N(CC)CC)nc1N. The number of thiazole rings is 1. The van der Waals surface area contributed by atoms with Gasteiger partial charge in [0, 0.05) is 26.2 Å². The van der Waals surface area contributed by atoms with Gasteiger partial charge in [0.25, 0.3) is 5.91 Å². The maximum absolute atomic E-state index is 12.6. The normalized spacial score (nSPS) is 10.6. The monoisotopic (exact) mass is 298 g/mol. The van der Waals surface area contributed by atoms with Crippen LogP contribution in [0.5, 0.6) is 0 Å². The van der Waals surface area contributed by atoms with Crippen LogP contribution in [0.15, 0.2) is 0 Å². The summed E-state index contributed by atoms with van der Waals surface area (Å²) in [6, 6.07) is 0. The molecule has 6 heteroatoms. The Morgan fingerprint density at radius 2 is 1.70 bits per heavy atom. The quantitative estimate of drug-likeness (QED) is 0.801. The van der Waals surface area contributed by atoms with E-state index in [4.69, 9.17) is 5.73 Å². The molecule has 0 aliphatic carbocycles. The van der Waals surface area contributed by atoms with Crippen molar-refractivity contribution in [3.8, 4) is 0 Å². The smallest absolute Gasteiger partial charge is 0.267 e. The molecule has 0 unspecified atom stereocenters. The Morgan fingerprint density at radius 3 is 2.15 bits per heavy atom. The average molecular weight is 298 g/mol. The summed E-state index contributed by atoms with van der Waals surface area (Å²) in [4.78, 5) is 21.5. The van der Waals surface area contributed by atoms with Crippen LogP contribution in [0.4, 0.5) is 10.9 Å². The highest BCUT2D eigenvalue weighted by molar-refractivity contribution is 7.18. The van der Waals surface area contributed by atoms with Crippen molar-refractivity contribution in [2.45, 2.75) is 40.5 Å². The number of nitrogens with two attached hydrogens (primary N) is 1. The molecule has 1 heterocycles. The van der Waals surface area contributed by atoms with Crippen molar-refractivity contribution in [1.29, 1.82) is 0 Å². The summed E-state index contributed by atoms with van der Waals surface area (Å²) in [6.07, 6.45) is 1.90. The van der Waals surface area contributed by atoms with Crippen LogP contribution in [0.2, 0.25) is 0 Å². The number of carbonyl (C=O) groups excluding carboxylic acids is 1. The van der Waals surface area contributed by atoms with Gasteiger partial charge in [-0.05, 0) is 26.7 Å². The second-order valence-electron chi connectivity index (χ2n) is 4.68. The Hall–Kier alpha value is -1.30. The van der Waals surface area contributed by atoms with E-state index in [-0.39, 0.29) is 5.91 Å².